The van der Waals surface area contributed by atoms with Crippen molar-refractivity contribution in [2.45, 2.75) is 46.6 Å². The van der Waals surface area contributed by atoms with E-state index in [-0.39, 0.29) is 18.3 Å². The van der Waals surface area contributed by atoms with Gasteiger partial charge in [-0.3, -0.25) is 4.79 Å². The van der Waals surface area contributed by atoms with Gasteiger partial charge in [0.2, 0.25) is 5.91 Å². The van der Waals surface area contributed by atoms with Gasteiger partial charge in [-0.05, 0) is 49.8 Å². The van der Waals surface area contributed by atoms with Gasteiger partial charge in [-0.1, -0.05) is 39.0 Å². The van der Waals surface area contributed by atoms with Crippen LogP contribution in [0.5, 0.6) is 5.75 Å². The van der Waals surface area contributed by atoms with Gasteiger partial charge in [0.1, 0.15) is 5.75 Å². The first kappa shape index (κ1) is 21.8. The summed E-state index contributed by atoms with van der Waals surface area (Å²) in [4.78, 5) is 12.3. The topological polar surface area (TPSA) is 50.4 Å². The molecule has 2 N–H and O–H groups in total. The number of ether oxygens (including phenoxy) is 1. The Kier molecular flexibility index (Phi) is 9.91. The van der Waals surface area contributed by atoms with E-state index >= 15 is 0 Å². The number of halogens is 1. The van der Waals surface area contributed by atoms with Crippen LogP contribution in [0.15, 0.2) is 24.3 Å². The van der Waals surface area contributed by atoms with Gasteiger partial charge in [0.05, 0.1) is 6.61 Å². The van der Waals surface area contributed by atoms with Crippen LogP contribution in [0.25, 0.3) is 0 Å². The molecule has 0 spiro atoms. The van der Waals surface area contributed by atoms with E-state index in [0.29, 0.717) is 37.3 Å². The maximum Gasteiger partial charge on any atom is 0.220 e. The Balaban J connectivity index is 0.00000312. The van der Waals surface area contributed by atoms with E-state index in [4.69, 9.17) is 4.74 Å². The van der Waals surface area contributed by atoms with Crippen LogP contribution in [0.1, 0.15) is 45.6 Å². The van der Waals surface area contributed by atoms with Gasteiger partial charge >= 0.3 is 0 Å². The fourth-order valence-electron chi connectivity index (χ4n) is 3.14. The number of carbonyl (C=O) groups excluding carboxylic acids is 1. The van der Waals surface area contributed by atoms with E-state index < -0.39 is 0 Å². The molecule has 2 rings (SSSR count). The zero-order chi connectivity index (χ0) is 17.4. The molecular formula is C20H33ClN2O2. The minimum atomic E-state index is 0. The van der Waals surface area contributed by atoms with Gasteiger partial charge in [0.25, 0.3) is 0 Å². The lowest BCUT2D eigenvalue weighted by atomic mass is 9.85. The molecule has 142 valence electrons. The average molecular weight is 369 g/mol. The summed E-state index contributed by atoms with van der Waals surface area (Å²) >= 11 is 0. The Morgan fingerprint density at radius 2 is 2.08 bits per heavy atom. The molecule has 4 nitrogen and oxygen atoms in total. The van der Waals surface area contributed by atoms with Gasteiger partial charge < -0.3 is 15.4 Å². The Morgan fingerprint density at radius 1 is 1.32 bits per heavy atom. The summed E-state index contributed by atoms with van der Waals surface area (Å²) in [6.45, 7) is 9.83. The second-order valence-corrected chi connectivity index (χ2v) is 7.38. The molecule has 1 amide bonds. The standard InChI is InChI=1S/C20H32N2O2.ClH/c1-15(2)14-24-19-9-5-4-7-18(19)13-22-20(23)11-16(3)17-8-6-10-21-12-17;/h4-5,7,9,15-17,21H,6,8,10-14H2,1-3H3,(H,22,23);1H. The summed E-state index contributed by atoms with van der Waals surface area (Å²) in [5.41, 5.74) is 1.04. The van der Waals surface area contributed by atoms with Crippen LogP contribution in [0.4, 0.5) is 0 Å². The largest absolute Gasteiger partial charge is 0.493 e. The van der Waals surface area contributed by atoms with Crippen LogP contribution in [-0.4, -0.2) is 25.6 Å². The number of hydrogen-bond donors (Lipinski definition) is 2. The summed E-state index contributed by atoms with van der Waals surface area (Å²) in [5.74, 6) is 2.52. The van der Waals surface area contributed by atoms with Crippen LogP contribution < -0.4 is 15.4 Å². The molecule has 25 heavy (non-hydrogen) atoms. The van der Waals surface area contributed by atoms with Crippen LogP contribution in [0, 0.1) is 17.8 Å². The summed E-state index contributed by atoms with van der Waals surface area (Å²) in [6, 6.07) is 7.95. The third kappa shape index (κ3) is 7.66. The highest BCUT2D eigenvalue weighted by Crippen LogP contribution is 2.23. The maximum atomic E-state index is 12.3. The number of piperidine rings is 1. The SMILES string of the molecule is CC(C)COc1ccccc1CNC(=O)CC(C)C1CCCNC1.Cl. The number of amides is 1. The van der Waals surface area contributed by atoms with Crippen LogP contribution >= 0.6 is 12.4 Å². The van der Waals surface area contributed by atoms with Crippen molar-refractivity contribution in [2.75, 3.05) is 19.7 Å². The van der Waals surface area contributed by atoms with Gasteiger partial charge in [-0.25, -0.2) is 0 Å². The average Bonchev–Trinajstić information content (AvgIpc) is 2.59. The smallest absolute Gasteiger partial charge is 0.220 e. The Morgan fingerprint density at radius 3 is 2.76 bits per heavy atom. The summed E-state index contributed by atoms with van der Waals surface area (Å²) in [7, 11) is 0. The van der Waals surface area contributed by atoms with Gasteiger partial charge in [0, 0.05) is 18.5 Å². The molecule has 0 aliphatic carbocycles. The van der Waals surface area contributed by atoms with Gasteiger partial charge in [0.15, 0.2) is 0 Å². The summed E-state index contributed by atoms with van der Waals surface area (Å²) < 4.78 is 5.85. The molecule has 1 saturated heterocycles. The molecule has 1 aliphatic heterocycles. The third-order valence-electron chi connectivity index (χ3n) is 4.67. The van der Waals surface area contributed by atoms with Crippen LogP contribution in [-0.2, 0) is 11.3 Å². The highest BCUT2D eigenvalue weighted by atomic mass is 35.5. The van der Waals surface area contributed by atoms with Gasteiger partial charge in [-0.2, -0.15) is 0 Å². The molecule has 2 atom stereocenters. The summed E-state index contributed by atoms with van der Waals surface area (Å²) in [6.07, 6.45) is 3.05. The molecule has 1 heterocycles. The van der Waals surface area contributed by atoms with E-state index in [1.165, 1.54) is 12.8 Å². The van der Waals surface area contributed by atoms with Crippen molar-refractivity contribution in [1.29, 1.82) is 0 Å². The molecule has 0 aromatic heterocycles. The first-order chi connectivity index (χ1) is 11.6. The Labute approximate surface area is 158 Å². The molecule has 5 heteroatoms. The Hall–Kier alpha value is -1.26. The highest BCUT2D eigenvalue weighted by molar-refractivity contribution is 5.85. The van der Waals surface area contributed by atoms with Crippen molar-refractivity contribution in [3.05, 3.63) is 29.8 Å². The molecular weight excluding hydrogens is 336 g/mol. The van der Waals surface area contributed by atoms with Crippen molar-refractivity contribution in [1.82, 2.24) is 10.6 Å². The molecule has 1 aromatic rings. The molecule has 0 bridgehead atoms. The number of para-hydroxylation sites is 1. The second-order valence-electron chi connectivity index (χ2n) is 7.38. The first-order valence-corrected chi connectivity index (χ1v) is 9.24. The molecule has 1 aromatic carbocycles. The van der Waals surface area contributed by atoms with E-state index in [0.717, 1.165) is 24.4 Å². The minimum Gasteiger partial charge on any atom is -0.493 e. The number of carbonyl (C=O) groups is 1. The first-order valence-electron chi connectivity index (χ1n) is 9.24. The maximum absolute atomic E-state index is 12.3. The third-order valence-corrected chi connectivity index (χ3v) is 4.67. The fourth-order valence-corrected chi connectivity index (χ4v) is 3.14. The lowest BCUT2D eigenvalue weighted by Crippen LogP contribution is -2.35. The number of hydrogen-bond acceptors (Lipinski definition) is 3. The zero-order valence-electron chi connectivity index (χ0n) is 15.7. The van der Waals surface area contributed by atoms with Crippen molar-refractivity contribution in [3.8, 4) is 5.75 Å². The number of rotatable bonds is 8. The van der Waals surface area contributed by atoms with Crippen LogP contribution in [0.3, 0.4) is 0 Å². The minimum absolute atomic E-state index is 0. The lowest BCUT2D eigenvalue weighted by molar-refractivity contribution is -0.122. The normalized spacial score (nSPS) is 18.3. The monoisotopic (exact) mass is 368 g/mol. The van der Waals surface area contributed by atoms with E-state index in [9.17, 15) is 4.79 Å². The number of nitrogens with one attached hydrogen (secondary N) is 2. The van der Waals surface area contributed by atoms with E-state index in [2.05, 4.69) is 31.4 Å². The van der Waals surface area contributed by atoms with Crippen molar-refractivity contribution >= 4 is 18.3 Å². The quantitative estimate of drug-likeness (QED) is 0.734. The predicted octanol–water partition coefficient (Wildman–Crippen LogP) is 3.79. The fraction of sp³-hybridized carbons (Fsp3) is 0.650. The molecule has 0 saturated carbocycles. The van der Waals surface area contributed by atoms with Gasteiger partial charge in [-0.15, -0.1) is 12.4 Å². The number of benzene rings is 1. The van der Waals surface area contributed by atoms with Crippen LogP contribution in [0.2, 0.25) is 0 Å². The Bertz CT molecular complexity index is 516. The van der Waals surface area contributed by atoms with Crippen molar-refractivity contribution in [3.63, 3.8) is 0 Å². The van der Waals surface area contributed by atoms with Crippen molar-refractivity contribution in [2.24, 2.45) is 17.8 Å². The molecule has 1 fully saturated rings. The van der Waals surface area contributed by atoms with Crippen molar-refractivity contribution < 1.29 is 9.53 Å². The highest BCUT2D eigenvalue weighted by Gasteiger charge is 2.22. The molecule has 0 radical (unpaired) electrons. The molecule has 2 unspecified atom stereocenters. The summed E-state index contributed by atoms with van der Waals surface area (Å²) in [5, 5.41) is 6.49. The zero-order valence-corrected chi connectivity index (χ0v) is 16.5. The van der Waals surface area contributed by atoms with E-state index in [1.54, 1.807) is 0 Å². The second kappa shape index (κ2) is 11.4. The lowest BCUT2D eigenvalue weighted by Gasteiger charge is -2.28. The van der Waals surface area contributed by atoms with E-state index in [1.807, 2.05) is 24.3 Å². The molecule has 1 aliphatic rings. The predicted molar refractivity (Wildman–Crippen MR) is 105 cm³/mol.